The van der Waals surface area contributed by atoms with Gasteiger partial charge in [0.1, 0.15) is 5.56 Å². The second-order valence-electron chi connectivity index (χ2n) is 6.10. The normalized spacial score (nSPS) is 15.4. The largest absolute Gasteiger partial charge is 0.462 e. The number of para-hydroxylation sites is 2. The summed E-state index contributed by atoms with van der Waals surface area (Å²) < 4.78 is 6.95. The number of nitrogens with one attached hydrogen (secondary N) is 1. The van der Waals surface area contributed by atoms with Crippen molar-refractivity contribution in [2.45, 2.75) is 13.5 Å². The molecule has 0 amide bonds. The first-order valence-corrected chi connectivity index (χ1v) is 9.91. The topological polar surface area (TPSA) is 76.0 Å². The summed E-state index contributed by atoms with van der Waals surface area (Å²) in [4.78, 5) is 22.7. The molecule has 0 bridgehead atoms. The zero-order chi connectivity index (χ0) is 17.9. The molecular weight excluding hydrogens is 350 g/mol. The van der Waals surface area contributed by atoms with Gasteiger partial charge in [0.15, 0.2) is 0 Å². The van der Waals surface area contributed by atoms with E-state index in [4.69, 9.17) is 4.74 Å². The van der Waals surface area contributed by atoms with Crippen molar-refractivity contribution < 1.29 is 9.53 Å². The Morgan fingerprint density at radius 1 is 1.31 bits per heavy atom. The van der Waals surface area contributed by atoms with Crippen molar-refractivity contribution >= 4 is 28.8 Å². The fourth-order valence-electron chi connectivity index (χ4n) is 3.10. The third-order valence-corrected chi connectivity index (χ3v) is 5.36. The number of esters is 1. The summed E-state index contributed by atoms with van der Waals surface area (Å²) >= 11 is 1.96. The Bertz CT molecular complexity index is 880. The number of ether oxygens (including phenoxy) is 1. The van der Waals surface area contributed by atoms with Gasteiger partial charge in [0.2, 0.25) is 5.95 Å². The van der Waals surface area contributed by atoms with Crippen molar-refractivity contribution in [3.63, 3.8) is 0 Å². The lowest BCUT2D eigenvalue weighted by Crippen LogP contribution is -2.33. The number of hydrogen-bond donors (Lipinski definition) is 1. The minimum atomic E-state index is -0.337. The highest BCUT2D eigenvalue weighted by Crippen LogP contribution is 2.21. The fourth-order valence-corrected chi connectivity index (χ4v) is 4.08. The second kappa shape index (κ2) is 7.51. The smallest absolute Gasteiger partial charge is 0.341 e. The highest BCUT2D eigenvalue weighted by atomic mass is 32.2. The van der Waals surface area contributed by atoms with Crippen molar-refractivity contribution in [2.75, 3.05) is 31.2 Å². The Balaban J connectivity index is 1.73. The highest BCUT2D eigenvalue weighted by molar-refractivity contribution is 7.99. The van der Waals surface area contributed by atoms with Crippen LogP contribution in [-0.4, -0.2) is 61.8 Å². The molecular formula is C18H21N5O2S. The molecule has 136 valence electrons. The van der Waals surface area contributed by atoms with Crippen LogP contribution < -0.4 is 0 Å². The quantitative estimate of drug-likeness (QED) is 0.695. The zero-order valence-electron chi connectivity index (χ0n) is 14.6. The standard InChI is InChI=1S/C18H21N5O2S/c1-2-25-17(24)13-11-19-23(16(13)12-22-7-9-26-10-8-22)18-20-14-5-3-4-6-15(14)21-18/h3-6,11H,2,7-10,12H2,1H3,(H,20,21). The van der Waals surface area contributed by atoms with E-state index in [9.17, 15) is 4.79 Å². The number of fused-ring (bicyclic) bond motifs is 1. The third-order valence-electron chi connectivity index (χ3n) is 4.42. The Labute approximate surface area is 155 Å². The molecule has 0 unspecified atom stereocenters. The minimum Gasteiger partial charge on any atom is -0.462 e. The van der Waals surface area contributed by atoms with Crippen LogP contribution in [0.15, 0.2) is 30.5 Å². The lowest BCUT2D eigenvalue weighted by molar-refractivity contribution is 0.0524. The first-order valence-electron chi connectivity index (χ1n) is 8.75. The van der Waals surface area contributed by atoms with E-state index in [1.54, 1.807) is 10.9 Å². The summed E-state index contributed by atoms with van der Waals surface area (Å²) in [5.74, 6) is 2.49. The Kier molecular flexibility index (Phi) is 4.94. The molecule has 1 aliphatic rings. The van der Waals surface area contributed by atoms with Crippen LogP contribution >= 0.6 is 11.8 Å². The van der Waals surface area contributed by atoms with Crippen molar-refractivity contribution in [3.8, 4) is 5.95 Å². The van der Waals surface area contributed by atoms with Gasteiger partial charge in [-0.3, -0.25) is 4.90 Å². The molecule has 1 aromatic carbocycles. The zero-order valence-corrected chi connectivity index (χ0v) is 15.5. The number of carbonyl (C=O) groups excluding carboxylic acids is 1. The molecule has 8 heteroatoms. The maximum Gasteiger partial charge on any atom is 0.341 e. The average molecular weight is 371 g/mol. The molecule has 0 saturated carbocycles. The number of carbonyl (C=O) groups is 1. The first-order chi connectivity index (χ1) is 12.8. The summed E-state index contributed by atoms with van der Waals surface area (Å²) in [6, 6.07) is 7.84. The Morgan fingerprint density at radius 3 is 2.88 bits per heavy atom. The Hall–Kier alpha value is -2.32. The molecule has 3 heterocycles. The summed E-state index contributed by atoms with van der Waals surface area (Å²) in [6.07, 6.45) is 1.58. The lowest BCUT2D eigenvalue weighted by Gasteiger charge is -2.26. The van der Waals surface area contributed by atoms with E-state index in [1.165, 1.54) is 0 Å². The predicted octanol–water partition coefficient (Wildman–Crippen LogP) is 2.47. The molecule has 7 nitrogen and oxygen atoms in total. The molecule has 0 atom stereocenters. The lowest BCUT2D eigenvalue weighted by atomic mass is 10.2. The van der Waals surface area contributed by atoms with E-state index in [2.05, 4.69) is 20.0 Å². The molecule has 1 aliphatic heterocycles. The second-order valence-corrected chi connectivity index (χ2v) is 7.33. The number of aromatic amines is 1. The monoisotopic (exact) mass is 371 g/mol. The highest BCUT2D eigenvalue weighted by Gasteiger charge is 2.23. The van der Waals surface area contributed by atoms with Gasteiger partial charge in [-0.25, -0.2) is 14.5 Å². The number of nitrogens with zero attached hydrogens (tertiary/aromatic N) is 4. The number of rotatable bonds is 5. The first kappa shape index (κ1) is 17.1. The number of H-pyrrole nitrogens is 1. The van der Waals surface area contributed by atoms with Crippen LogP contribution in [0.5, 0.6) is 0 Å². The predicted molar refractivity (Wildman–Crippen MR) is 102 cm³/mol. The van der Waals surface area contributed by atoms with Gasteiger partial charge in [-0.2, -0.15) is 16.9 Å². The number of thioether (sulfide) groups is 1. The van der Waals surface area contributed by atoms with Crippen LogP contribution in [-0.2, 0) is 11.3 Å². The van der Waals surface area contributed by atoms with Gasteiger partial charge >= 0.3 is 5.97 Å². The number of hydrogen-bond acceptors (Lipinski definition) is 6. The molecule has 0 spiro atoms. The molecule has 4 rings (SSSR count). The number of aromatic nitrogens is 4. The molecule has 0 aliphatic carbocycles. The van der Waals surface area contributed by atoms with Gasteiger partial charge in [0, 0.05) is 31.1 Å². The van der Waals surface area contributed by atoms with Gasteiger partial charge in [-0.05, 0) is 19.1 Å². The van der Waals surface area contributed by atoms with E-state index in [-0.39, 0.29) is 5.97 Å². The van der Waals surface area contributed by atoms with Gasteiger partial charge in [0.25, 0.3) is 0 Å². The minimum absolute atomic E-state index is 0.337. The van der Waals surface area contributed by atoms with Crippen LogP contribution in [0.3, 0.4) is 0 Å². The summed E-state index contributed by atoms with van der Waals surface area (Å²) in [7, 11) is 0. The van der Waals surface area contributed by atoms with E-state index in [1.807, 2.05) is 43.0 Å². The number of benzene rings is 1. The van der Waals surface area contributed by atoms with Crippen molar-refractivity contribution in [2.24, 2.45) is 0 Å². The maximum absolute atomic E-state index is 12.4. The van der Waals surface area contributed by atoms with E-state index >= 15 is 0 Å². The molecule has 2 aromatic heterocycles. The molecule has 1 N–H and O–H groups in total. The van der Waals surface area contributed by atoms with Crippen LogP contribution in [0.2, 0.25) is 0 Å². The van der Waals surface area contributed by atoms with Gasteiger partial charge in [-0.15, -0.1) is 0 Å². The van der Waals surface area contributed by atoms with Crippen molar-refractivity contribution in [1.29, 1.82) is 0 Å². The average Bonchev–Trinajstić information content (AvgIpc) is 3.26. The van der Waals surface area contributed by atoms with Crippen molar-refractivity contribution in [3.05, 3.63) is 41.7 Å². The summed E-state index contributed by atoms with van der Waals surface area (Å²) in [5.41, 5.74) is 3.13. The third kappa shape index (κ3) is 3.34. The van der Waals surface area contributed by atoms with Crippen LogP contribution in [0, 0.1) is 0 Å². The molecule has 3 aromatic rings. The van der Waals surface area contributed by atoms with Crippen molar-refractivity contribution in [1.82, 2.24) is 24.6 Å². The molecule has 26 heavy (non-hydrogen) atoms. The van der Waals surface area contributed by atoms with E-state index in [0.29, 0.717) is 24.7 Å². The van der Waals surface area contributed by atoms with Gasteiger partial charge in [0.05, 0.1) is 29.5 Å². The number of imidazole rings is 1. The van der Waals surface area contributed by atoms with Crippen LogP contribution in [0.25, 0.3) is 17.0 Å². The van der Waals surface area contributed by atoms with E-state index < -0.39 is 0 Å². The SMILES string of the molecule is CCOC(=O)c1cnn(-c2nc3ccccc3[nH]2)c1CN1CCSCC1. The molecule has 0 radical (unpaired) electrons. The van der Waals surface area contributed by atoms with Crippen LogP contribution in [0.4, 0.5) is 0 Å². The Morgan fingerprint density at radius 2 is 2.12 bits per heavy atom. The fraction of sp³-hybridized carbons (Fsp3) is 0.389. The van der Waals surface area contributed by atoms with Gasteiger partial charge < -0.3 is 9.72 Å². The molecule has 1 fully saturated rings. The summed E-state index contributed by atoms with van der Waals surface area (Å²) in [6.45, 7) is 4.79. The van der Waals surface area contributed by atoms with E-state index in [0.717, 1.165) is 41.3 Å². The maximum atomic E-state index is 12.4. The van der Waals surface area contributed by atoms with Crippen LogP contribution in [0.1, 0.15) is 23.0 Å². The van der Waals surface area contributed by atoms with Gasteiger partial charge in [-0.1, -0.05) is 12.1 Å². The summed E-state index contributed by atoms with van der Waals surface area (Å²) in [5, 5.41) is 4.44. The molecule has 1 saturated heterocycles.